The molecule has 0 amide bonds. The van der Waals surface area contributed by atoms with Crippen LogP contribution < -0.4 is 0 Å². The molecule has 0 bridgehead atoms. The summed E-state index contributed by atoms with van der Waals surface area (Å²) < 4.78 is 20.6. The fraction of sp³-hybridized carbons (Fsp3) is 0.882. The van der Waals surface area contributed by atoms with E-state index in [9.17, 15) is 4.79 Å². The fourth-order valence-electron chi connectivity index (χ4n) is 2.62. The van der Waals surface area contributed by atoms with Crippen molar-refractivity contribution in [1.29, 1.82) is 0 Å². The molecule has 0 saturated heterocycles. The Kier molecular flexibility index (Phi) is 10.1. The van der Waals surface area contributed by atoms with Gasteiger partial charge in [-0.2, -0.15) is 0 Å². The summed E-state index contributed by atoms with van der Waals surface area (Å²) in [6, 6.07) is 0. The minimum Gasteiger partial charge on any atom is -0.463 e. The second-order valence-corrected chi connectivity index (χ2v) is 15.2. The number of carbonyl (C=O) groups excluding carboxylic acids is 1. The largest absolute Gasteiger partial charge is 0.463 e. The first-order valence-electron chi connectivity index (χ1n) is 9.02. The Morgan fingerprint density at radius 2 is 1.38 bits per heavy atom. The van der Waals surface area contributed by atoms with E-state index in [2.05, 4.69) is 38.2 Å². The van der Waals surface area contributed by atoms with Crippen LogP contribution in [0.25, 0.3) is 0 Å². The summed E-state index contributed by atoms with van der Waals surface area (Å²) in [6.07, 6.45) is -0.0862. The quantitative estimate of drug-likeness (QED) is 0.316. The minimum atomic E-state index is -2.70. The lowest BCUT2D eigenvalue weighted by Crippen LogP contribution is -2.45. The van der Waals surface area contributed by atoms with Gasteiger partial charge in [0, 0.05) is 13.1 Å². The van der Waals surface area contributed by atoms with Crippen LogP contribution in [0.1, 0.15) is 48.5 Å². The van der Waals surface area contributed by atoms with Gasteiger partial charge in [-0.1, -0.05) is 33.5 Å². The molecule has 0 rings (SSSR count). The fourth-order valence-corrected chi connectivity index (χ4v) is 10.4. The third-order valence-corrected chi connectivity index (χ3v) is 11.2. The highest BCUT2D eigenvalue weighted by atomic mass is 31.2. The summed E-state index contributed by atoms with van der Waals surface area (Å²) in [5.41, 5.74) is 0. The molecular formula is C17H38NO4PSi. The first kappa shape index (κ1) is 23.9. The van der Waals surface area contributed by atoms with Gasteiger partial charge in [0.25, 0.3) is 0 Å². The van der Waals surface area contributed by atoms with Crippen LogP contribution in [0, 0.1) is 0 Å². The van der Waals surface area contributed by atoms with Crippen LogP contribution in [0.3, 0.4) is 0 Å². The molecule has 0 atom stereocenters. The molecular weight excluding hydrogens is 341 g/mol. The van der Waals surface area contributed by atoms with Crippen molar-refractivity contribution >= 4 is 26.5 Å². The number of hydrogen-bond acceptors (Lipinski definition) is 5. The van der Waals surface area contributed by atoms with Crippen LogP contribution in [-0.4, -0.2) is 55.5 Å². The number of nitrogens with zero attached hydrogens (tertiary/aromatic N) is 1. The van der Waals surface area contributed by atoms with Crippen LogP contribution in [0.2, 0.25) is 19.6 Å². The first-order chi connectivity index (χ1) is 11.0. The standard InChI is InChI=1S/C17H38NO4PSi/c1-11-18(12-2)23(21-14(4)5,22-15(6)7)17(24(8,9)10)16(19)20-13-3/h14-15H,11-13H2,1-10H3. The number of esters is 1. The molecule has 0 fully saturated rings. The van der Waals surface area contributed by atoms with Crippen molar-refractivity contribution in [2.45, 2.75) is 80.3 Å². The smallest absolute Gasteiger partial charge is 0.335 e. The van der Waals surface area contributed by atoms with E-state index in [4.69, 9.17) is 13.8 Å². The number of rotatable bonds is 10. The lowest BCUT2D eigenvalue weighted by Gasteiger charge is -2.42. The molecule has 5 nitrogen and oxygen atoms in total. The second-order valence-electron chi connectivity index (χ2n) is 7.29. The Morgan fingerprint density at radius 3 is 1.62 bits per heavy atom. The summed E-state index contributed by atoms with van der Waals surface area (Å²) in [7, 11) is -4.75. The Labute approximate surface area is 150 Å². The van der Waals surface area contributed by atoms with E-state index in [-0.39, 0.29) is 18.2 Å². The van der Waals surface area contributed by atoms with E-state index in [1.807, 2.05) is 34.6 Å². The monoisotopic (exact) mass is 379 g/mol. The summed E-state index contributed by atoms with van der Waals surface area (Å²) >= 11 is 0. The van der Waals surface area contributed by atoms with Crippen LogP contribution in [0.15, 0.2) is 0 Å². The van der Waals surface area contributed by atoms with Gasteiger partial charge >= 0.3 is 5.97 Å². The first-order valence-corrected chi connectivity index (χ1v) is 14.1. The van der Waals surface area contributed by atoms with Gasteiger partial charge < -0.3 is 13.8 Å². The van der Waals surface area contributed by atoms with Crippen molar-refractivity contribution in [3.8, 4) is 0 Å². The third kappa shape index (κ3) is 6.30. The molecule has 0 aromatic carbocycles. The third-order valence-electron chi connectivity index (χ3n) is 3.27. The highest BCUT2D eigenvalue weighted by Crippen LogP contribution is 2.58. The molecule has 0 aromatic rings. The van der Waals surface area contributed by atoms with Gasteiger partial charge in [-0.25, -0.2) is 9.46 Å². The molecule has 0 aliphatic heterocycles. The maximum absolute atomic E-state index is 13.0. The SMILES string of the molecule is CCOC(=O)C([Si](C)(C)C)=P(OC(C)C)(OC(C)C)N(CC)CC. The molecule has 0 unspecified atom stereocenters. The summed E-state index contributed by atoms with van der Waals surface area (Å²) in [6.45, 7) is 22.3. The Bertz CT molecular complexity index is 440. The predicted molar refractivity (Wildman–Crippen MR) is 107 cm³/mol. The van der Waals surface area contributed by atoms with Crippen LogP contribution >= 0.6 is 7.49 Å². The van der Waals surface area contributed by atoms with Gasteiger partial charge in [0.05, 0.1) is 31.8 Å². The van der Waals surface area contributed by atoms with E-state index in [0.29, 0.717) is 6.61 Å². The lowest BCUT2D eigenvalue weighted by molar-refractivity contribution is -0.134. The van der Waals surface area contributed by atoms with E-state index in [1.165, 1.54) is 0 Å². The highest BCUT2D eigenvalue weighted by Gasteiger charge is 2.43. The molecule has 0 N–H and O–H groups in total. The normalized spacial score (nSPS) is 13.0. The zero-order valence-corrected chi connectivity index (χ0v) is 19.2. The average molecular weight is 380 g/mol. The van der Waals surface area contributed by atoms with Gasteiger partial charge in [0.1, 0.15) is 0 Å². The predicted octanol–water partition coefficient (Wildman–Crippen LogP) is 4.55. The van der Waals surface area contributed by atoms with E-state index < -0.39 is 15.6 Å². The molecule has 7 heteroatoms. The van der Waals surface area contributed by atoms with Crippen molar-refractivity contribution < 1.29 is 18.6 Å². The highest BCUT2D eigenvalue weighted by molar-refractivity contribution is 7.73. The molecule has 0 aliphatic carbocycles. The van der Waals surface area contributed by atoms with E-state index >= 15 is 0 Å². The molecule has 24 heavy (non-hydrogen) atoms. The van der Waals surface area contributed by atoms with Crippen LogP contribution in [0.5, 0.6) is 0 Å². The van der Waals surface area contributed by atoms with Gasteiger partial charge in [-0.3, -0.25) is 0 Å². The number of carbonyl (C=O) groups is 1. The lowest BCUT2D eigenvalue weighted by atomic mass is 10.5. The second kappa shape index (κ2) is 10.1. The maximum Gasteiger partial charge on any atom is 0.335 e. The van der Waals surface area contributed by atoms with E-state index in [0.717, 1.165) is 18.0 Å². The van der Waals surface area contributed by atoms with Crippen molar-refractivity contribution in [3.63, 3.8) is 0 Å². The molecule has 0 saturated carbocycles. The molecule has 0 aromatic heterocycles. The summed E-state index contributed by atoms with van der Waals surface area (Å²) in [5.74, 6) is -0.252. The van der Waals surface area contributed by atoms with Crippen molar-refractivity contribution in [2.24, 2.45) is 0 Å². The molecule has 0 spiro atoms. The molecule has 0 radical (unpaired) electrons. The van der Waals surface area contributed by atoms with Crippen LogP contribution in [-0.2, 0) is 18.6 Å². The minimum absolute atomic E-state index is 0.0431. The Morgan fingerprint density at radius 1 is 0.958 bits per heavy atom. The zero-order valence-electron chi connectivity index (χ0n) is 17.3. The maximum atomic E-state index is 13.0. The molecule has 0 aliphatic rings. The zero-order chi connectivity index (χ0) is 19.1. The summed E-state index contributed by atoms with van der Waals surface area (Å²) in [5, 5.41) is 0. The number of ether oxygens (including phenoxy) is 1. The Hall–Kier alpha value is -0.133. The van der Waals surface area contributed by atoms with Crippen molar-refractivity contribution in [1.82, 2.24) is 4.67 Å². The topological polar surface area (TPSA) is 48.0 Å². The Balaban J connectivity index is 6.86. The van der Waals surface area contributed by atoms with Gasteiger partial charge in [-0.15, -0.1) is 0 Å². The van der Waals surface area contributed by atoms with Gasteiger partial charge in [0.2, 0.25) is 7.49 Å². The van der Waals surface area contributed by atoms with Crippen molar-refractivity contribution in [2.75, 3.05) is 19.7 Å². The van der Waals surface area contributed by atoms with Crippen LogP contribution in [0.4, 0.5) is 0 Å². The molecule has 144 valence electrons. The number of hydrogen-bond donors (Lipinski definition) is 0. The van der Waals surface area contributed by atoms with Gasteiger partial charge in [-0.05, 0) is 34.6 Å². The average Bonchev–Trinajstić information content (AvgIpc) is 2.36. The summed E-state index contributed by atoms with van der Waals surface area (Å²) in [4.78, 5) is 13.7. The van der Waals surface area contributed by atoms with Gasteiger partial charge in [0.15, 0.2) is 0 Å². The van der Waals surface area contributed by atoms with E-state index in [1.54, 1.807) is 0 Å². The molecule has 0 heterocycles. The van der Waals surface area contributed by atoms with Crippen molar-refractivity contribution in [3.05, 3.63) is 0 Å².